The molecule has 0 spiro atoms. The number of benzene rings is 1. The average molecular weight is 362 g/mol. The predicted octanol–water partition coefficient (Wildman–Crippen LogP) is 1.83. The van der Waals surface area contributed by atoms with Crippen LogP contribution in [0.1, 0.15) is 5.56 Å². The van der Waals surface area contributed by atoms with Gasteiger partial charge in [0.15, 0.2) is 15.5 Å². The Balaban J connectivity index is 1.90. The first-order valence-corrected chi connectivity index (χ1v) is 9.37. The highest BCUT2D eigenvalue weighted by molar-refractivity contribution is 7.91. The topological polar surface area (TPSA) is 93.4 Å². The van der Waals surface area contributed by atoms with Crippen molar-refractivity contribution in [2.75, 3.05) is 17.3 Å². The van der Waals surface area contributed by atoms with Gasteiger partial charge in [0.25, 0.3) is 0 Å². The van der Waals surface area contributed by atoms with Crippen LogP contribution in [0.25, 0.3) is 16.8 Å². The number of aromatic nitrogens is 3. The zero-order valence-corrected chi connectivity index (χ0v) is 14.3. The van der Waals surface area contributed by atoms with Gasteiger partial charge in [0, 0.05) is 18.0 Å². The minimum Gasteiger partial charge on any atom is -0.292 e. The molecule has 3 aromatic rings. The van der Waals surface area contributed by atoms with Gasteiger partial charge in [-0.1, -0.05) is 6.07 Å². The Labute approximate surface area is 143 Å². The molecule has 0 saturated carbocycles. The van der Waals surface area contributed by atoms with Crippen LogP contribution in [0, 0.1) is 12.7 Å². The standard InChI is InChI=1S/C16H15FN4O3S/c1-10-5-12(7-13(17)6-10)11-3-4-14-18-16(20-21(14)8-11)19-15(22)9-25(2,23)24/h3-8H,9H2,1-2H3,(H,19,20,22). The first kappa shape index (κ1) is 17.0. The normalized spacial score (nSPS) is 11.6. The van der Waals surface area contributed by atoms with Crippen molar-refractivity contribution in [3.05, 3.63) is 47.9 Å². The van der Waals surface area contributed by atoms with Gasteiger partial charge < -0.3 is 0 Å². The van der Waals surface area contributed by atoms with Crippen LogP contribution in [-0.2, 0) is 14.6 Å². The molecule has 0 aliphatic carbocycles. The summed E-state index contributed by atoms with van der Waals surface area (Å²) in [5, 5.41) is 6.44. The number of anilines is 1. The van der Waals surface area contributed by atoms with Gasteiger partial charge in [-0.05, 0) is 42.3 Å². The molecule has 0 fully saturated rings. The van der Waals surface area contributed by atoms with Crippen molar-refractivity contribution in [1.82, 2.24) is 14.6 Å². The van der Waals surface area contributed by atoms with Gasteiger partial charge >= 0.3 is 0 Å². The fourth-order valence-corrected chi connectivity index (χ4v) is 2.96. The molecule has 0 unspecified atom stereocenters. The van der Waals surface area contributed by atoms with Crippen molar-refractivity contribution in [3.63, 3.8) is 0 Å². The van der Waals surface area contributed by atoms with Crippen molar-refractivity contribution < 1.29 is 17.6 Å². The van der Waals surface area contributed by atoms with Crippen molar-refractivity contribution >= 4 is 27.3 Å². The number of hydrogen-bond donors (Lipinski definition) is 1. The number of fused-ring (bicyclic) bond motifs is 1. The highest BCUT2D eigenvalue weighted by Crippen LogP contribution is 2.22. The van der Waals surface area contributed by atoms with E-state index in [-0.39, 0.29) is 11.8 Å². The molecule has 1 aromatic carbocycles. The molecule has 0 aliphatic rings. The monoisotopic (exact) mass is 362 g/mol. The Morgan fingerprint density at radius 1 is 1.24 bits per heavy atom. The number of halogens is 1. The number of hydrogen-bond acceptors (Lipinski definition) is 5. The molecule has 0 aliphatic heterocycles. The van der Waals surface area contributed by atoms with E-state index in [0.717, 1.165) is 17.4 Å². The molecule has 7 nitrogen and oxygen atoms in total. The van der Waals surface area contributed by atoms with E-state index < -0.39 is 21.5 Å². The Morgan fingerprint density at radius 2 is 2.00 bits per heavy atom. The van der Waals surface area contributed by atoms with Crippen LogP contribution in [0.3, 0.4) is 0 Å². The van der Waals surface area contributed by atoms with Crippen molar-refractivity contribution in [3.8, 4) is 11.1 Å². The number of rotatable bonds is 4. The summed E-state index contributed by atoms with van der Waals surface area (Å²) in [7, 11) is -3.43. The number of aryl methyl sites for hydroxylation is 1. The smallest absolute Gasteiger partial charge is 0.249 e. The third kappa shape index (κ3) is 4.18. The SMILES string of the molecule is Cc1cc(F)cc(-c2ccc3nc(NC(=O)CS(C)(=O)=O)nn3c2)c1. The fraction of sp³-hybridized carbons (Fsp3) is 0.188. The van der Waals surface area contributed by atoms with Gasteiger partial charge in [-0.2, -0.15) is 4.98 Å². The molecule has 25 heavy (non-hydrogen) atoms. The molecule has 130 valence electrons. The highest BCUT2D eigenvalue weighted by Gasteiger charge is 2.14. The molecule has 9 heteroatoms. The lowest BCUT2D eigenvalue weighted by Gasteiger charge is -2.04. The third-order valence-corrected chi connectivity index (χ3v) is 4.14. The number of amides is 1. The second kappa shape index (κ2) is 6.25. The summed E-state index contributed by atoms with van der Waals surface area (Å²) in [6.45, 7) is 1.80. The quantitative estimate of drug-likeness (QED) is 0.764. The van der Waals surface area contributed by atoms with Crippen LogP contribution >= 0.6 is 0 Å². The molecular weight excluding hydrogens is 347 g/mol. The maximum Gasteiger partial charge on any atom is 0.249 e. The molecule has 2 heterocycles. The maximum atomic E-state index is 13.6. The fourth-order valence-electron chi connectivity index (χ4n) is 2.41. The van der Waals surface area contributed by atoms with E-state index in [1.54, 1.807) is 25.3 Å². The molecule has 0 saturated heterocycles. The van der Waals surface area contributed by atoms with Crippen LogP contribution in [0.2, 0.25) is 0 Å². The minimum absolute atomic E-state index is 0.00113. The van der Waals surface area contributed by atoms with E-state index in [1.165, 1.54) is 16.6 Å². The van der Waals surface area contributed by atoms with Gasteiger partial charge in [0.05, 0.1) is 0 Å². The molecule has 0 atom stereocenters. The molecule has 3 rings (SSSR count). The summed E-state index contributed by atoms with van der Waals surface area (Å²) in [6, 6.07) is 8.14. The lowest BCUT2D eigenvalue weighted by atomic mass is 10.1. The Hall–Kier alpha value is -2.81. The molecular formula is C16H15FN4O3S. The molecule has 0 radical (unpaired) electrons. The summed E-state index contributed by atoms with van der Waals surface area (Å²) >= 11 is 0. The van der Waals surface area contributed by atoms with Crippen molar-refractivity contribution in [1.29, 1.82) is 0 Å². The second-order valence-corrected chi connectivity index (χ2v) is 7.93. The summed E-state index contributed by atoms with van der Waals surface area (Å²) in [6.07, 6.45) is 2.62. The van der Waals surface area contributed by atoms with Crippen LogP contribution in [0.5, 0.6) is 0 Å². The van der Waals surface area contributed by atoms with E-state index >= 15 is 0 Å². The predicted molar refractivity (Wildman–Crippen MR) is 91.5 cm³/mol. The lowest BCUT2D eigenvalue weighted by molar-refractivity contribution is -0.113. The first-order chi connectivity index (χ1) is 11.7. The Morgan fingerprint density at radius 3 is 2.68 bits per heavy atom. The van der Waals surface area contributed by atoms with Crippen LogP contribution < -0.4 is 5.32 Å². The average Bonchev–Trinajstić information content (AvgIpc) is 2.84. The maximum absolute atomic E-state index is 13.6. The summed E-state index contributed by atoms with van der Waals surface area (Å²) < 4.78 is 37.3. The van der Waals surface area contributed by atoms with Crippen molar-refractivity contribution in [2.24, 2.45) is 0 Å². The Kier molecular flexibility index (Phi) is 4.25. The highest BCUT2D eigenvalue weighted by atomic mass is 32.2. The van der Waals surface area contributed by atoms with E-state index in [9.17, 15) is 17.6 Å². The van der Waals surface area contributed by atoms with Crippen LogP contribution in [0.15, 0.2) is 36.5 Å². The van der Waals surface area contributed by atoms with E-state index in [4.69, 9.17) is 0 Å². The Bertz CT molecular complexity index is 1060. The minimum atomic E-state index is -3.43. The second-order valence-electron chi connectivity index (χ2n) is 5.79. The molecule has 1 N–H and O–H groups in total. The zero-order chi connectivity index (χ0) is 18.2. The largest absolute Gasteiger partial charge is 0.292 e. The van der Waals surface area contributed by atoms with E-state index in [1.807, 2.05) is 6.07 Å². The number of sulfone groups is 1. The number of carbonyl (C=O) groups is 1. The van der Waals surface area contributed by atoms with E-state index in [2.05, 4.69) is 15.4 Å². The van der Waals surface area contributed by atoms with Gasteiger partial charge in [0.2, 0.25) is 11.9 Å². The summed E-state index contributed by atoms with van der Waals surface area (Å²) in [5.74, 6) is -1.68. The van der Waals surface area contributed by atoms with Gasteiger partial charge in [-0.25, -0.2) is 17.3 Å². The van der Waals surface area contributed by atoms with Crippen LogP contribution in [0.4, 0.5) is 10.3 Å². The van der Waals surface area contributed by atoms with Gasteiger partial charge in [-0.3, -0.25) is 10.1 Å². The number of carbonyl (C=O) groups excluding carboxylic acids is 1. The first-order valence-electron chi connectivity index (χ1n) is 7.31. The molecule has 1 amide bonds. The number of pyridine rings is 1. The molecule has 2 aromatic heterocycles. The van der Waals surface area contributed by atoms with Gasteiger partial charge in [-0.15, -0.1) is 5.10 Å². The zero-order valence-electron chi connectivity index (χ0n) is 13.5. The van der Waals surface area contributed by atoms with Gasteiger partial charge in [0.1, 0.15) is 11.6 Å². The van der Waals surface area contributed by atoms with Crippen LogP contribution in [-0.4, -0.2) is 40.9 Å². The number of nitrogens with one attached hydrogen (secondary N) is 1. The summed E-state index contributed by atoms with van der Waals surface area (Å²) in [4.78, 5) is 15.8. The van der Waals surface area contributed by atoms with E-state index in [0.29, 0.717) is 11.2 Å². The van der Waals surface area contributed by atoms with Crippen molar-refractivity contribution in [2.45, 2.75) is 6.92 Å². The number of nitrogens with zero attached hydrogens (tertiary/aromatic N) is 3. The lowest BCUT2D eigenvalue weighted by Crippen LogP contribution is -2.22. The molecule has 0 bridgehead atoms. The third-order valence-electron chi connectivity index (χ3n) is 3.35. The summed E-state index contributed by atoms with van der Waals surface area (Å²) in [5.41, 5.74) is 2.68.